The first-order valence-corrected chi connectivity index (χ1v) is 7.12. The van der Waals surface area contributed by atoms with E-state index < -0.39 is 23.1 Å². The van der Waals surface area contributed by atoms with Crippen molar-refractivity contribution in [2.24, 2.45) is 0 Å². The van der Waals surface area contributed by atoms with E-state index in [2.05, 4.69) is 10.6 Å². The number of nitrogens with one attached hydrogen (secondary N) is 2. The van der Waals surface area contributed by atoms with Crippen molar-refractivity contribution in [1.29, 1.82) is 0 Å². The third-order valence-electron chi connectivity index (χ3n) is 3.81. The highest BCUT2D eigenvalue weighted by Crippen LogP contribution is 2.31. The van der Waals surface area contributed by atoms with Crippen molar-refractivity contribution < 1.29 is 14.8 Å². The van der Waals surface area contributed by atoms with Gasteiger partial charge in [0, 0.05) is 24.2 Å². The first kappa shape index (κ1) is 15.0. The number of fused-ring (bicyclic) bond motifs is 1. The zero-order valence-corrected chi connectivity index (χ0v) is 12.1. The van der Waals surface area contributed by atoms with Crippen molar-refractivity contribution in [2.75, 3.05) is 5.32 Å². The minimum atomic E-state index is -0.691. The molecule has 7 heteroatoms. The molecule has 2 amide bonds. The molecule has 0 bridgehead atoms. The average molecular weight is 313 g/mol. The second kappa shape index (κ2) is 6.05. The number of aliphatic hydroxyl groups is 1. The zero-order valence-electron chi connectivity index (χ0n) is 12.1. The highest BCUT2D eigenvalue weighted by molar-refractivity contribution is 5.90. The van der Waals surface area contributed by atoms with E-state index in [-0.39, 0.29) is 5.69 Å². The molecule has 0 saturated heterocycles. The largest absolute Gasteiger partial charge is 0.390 e. The van der Waals surface area contributed by atoms with Crippen molar-refractivity contribution in [3.05, 3.63) is 69.8 Å². The SMILES string of the molecule is O=C(Nc1cccc([N+](=O)[O-])c1)N[C@H]1c2ccccc2C[C@H]1O. The maximum absolute atomic E-state index is 12.1. The van der Waals surface area contributed by atoms with Crippen LogP contribution in [0.15, 0.2) is 48.5 Å². The number of rotatable bonds is 3. The lowest BCUT2D eigenvalue weighted by molar-refractivity contribution is -0.384. The molecule has 2 aromatic rings. The van der Waals surface area contributed by atoms with Gasteiger partial charge in [0.25, 0.3) is 5.69 Å². The molecule has 0 fully saturated rings. The van der Waals surface area contributed by atoms with Crippen LogP contribution in [0.1, 0.15) is 17.2 Å². The number of carbonyl (C=O) groups is 1. The Bertz CT molecular complexity index is 762. The van der Waals surface area contributed by atoms with Crippen LogP contribution in [0.5, 0.6) is 0 Å². The molecule has 7 nitrogen and oxygen atoms in total. The summed E-state index contributed by atoms with van der Waals surface area (Å²) in [6.07, 6.45) is -0.207. The molecule has 118 valence electrons. The van der Waals surface area contributed by atoms with Crippen LogP contribution in [0.4, 0.5) is 16.2 Å². The smallest absolute Gasteiger partial charge is 0.319 e. The van der Waals surface area contributed by atoms with E-state index in [1.165, 1.54) is 18.2 Å². The second-order valence-corrected chi connectivity index (χ2v) is 5.35. The molecule has 2 atom stereocenters. The van der Waals surface area contributed by atoms with Gasteiger partial charge in [-0.2, -0.15) is 0 Å². The zero-order chi connectivity index (χ0) is 16.4. The number of nitrogens with zero attached hydrogens (tertiary/aromatic N) is 1. The van der Waals surface area contributed by atoms with Crippen molar-refractivity contribution in [2.45, 2.75) is 18.6 Å². The Kier molecular flexibility index (Phi) is 3.94. The fourth-order valence-corrected chi connectivity index (χ4v) is 2.75. The lowest BCUT2D eigenvalue weighted by Crippen LogP contribution is -2.36. The Labute approximate surface area is 132 Å². The Hall–Kier alpha value is -2.93. The van der Waals surface area contributed by atoms with Crippen LogP contribution in [0.25, 0.3) is 0 Å². The highest BCUT2D eigenvalue weighted by Gasteiger charge is 2.31. The molecule has 0 saturated carbocycles. The Morgan fingerprint density at radius 3 is 2.78 bits per heavy atom. The van der Waals surface area contributed by atoms with Gasteiger partial charge in [0.2, 0.25) is 0 Å². The molecule has 3 N–H and O–H groups in total. The minimum absolute atomic E-state index is 0.103. The van der Waals surface area contributed by atoms with Gasteiger partial charge in [-0.15, -0.1) is 0 Å². The average Bonchev–Trinajstić information content (AvgIpc) is 2.83. The van der Waals surface area contributed by atoms with Gasteiger partial charge in [-0.3, -0.25) is 10.1 Å². The normalized spacial score (nSPS) is 19.0. The lowest BCUT2D eigenvalue weighted by atomic mass is 10.1. The van der Waals surface area contributed by atoms with Crippen LogP contribution in [-0.2, 0) is 6.42 Å². The van der Waals surface area contributed by atoms with Crippen molar-refractivity contribution in [1.82, 2.24) is 5.32 Å². The molecule has 0 unspecified atom stereocenters. The maximum atomic E-state index is 12.1. The molecular weight excluding hydrogens is 298 g/mol. The number of carbonyl (C=O) groups excluding carboxylic acids is 1. The summed E-state index contributed by atoms with van der Waals surface area (Å²) in [6.45, 7) is 0. The molecule has 0 aromatic heterocycles. The topological polar surface area (TPSA) is 104 Å². The summed E-state index contributed by atoms with van der Waals surface area (Å²) in [6, 6.07) is 12.2. The fourth-order valence-electron chi connectivity index (χ4n) is 2.75. The van der Waals surface area contributed by atoms with Crippen LogP contribution in [0, 0.1) is 10.1 Å². The van der Waals surface area contributed by atoms with Crippen molar-refractivity contribution in [3.63, 3.8) is 0 Å². The maximum Gasteiger partial charge on any atom is 0.319 e. The number of hydrogen-bond donors (Lipinski definition) is 3. The van der Waals surface area contributed by atoms with E-state index in [0.717, 1.165) is 11.1 Å². The van der Waals surface area contributed by atoms with E-state index in [1.807, 2.05) is 24.3 Å². The summed E-state index contributed by atoms with van der Waals surface area (Å²) >= 11 is 0. The van der Waals surface area contributed by atoms with Gasteiger partial charge in [-0.1, -0.05) is 30.3 Å². The van der Waals surface area contributed by atoms with Gasteiger partial charge in [0.05, 0.1) is 17.1 Å². The molecule has 2 aromatic carbocycles. The van der Waals surface area contributed by atoms with Crippen LogP contribution >= 0.6 is 0 Å². The lowest BCUT2D eigenvalue weighted by Gasteiger charge is -2.18. The molecule has 0 spiro atoms. The molecule has 1 aliphatic carbocycles. The number of anilines is 1. The van der Waals surface area contributed by atoms with Gasteiger partial charge in [0.15, 0.2) is 0 Å². The molecular formula is C16H15N3O4. The van der Waals surface area contributed by atoms with Crippen LogP contribution < -0.4 is 10.6 Å². The predicted molar refractivity (Wildman–Crippen MR) is 84.1 cm³/mol. The first-order valence-electron chi connectivity index (χ1n) is 7.12. The van der Waals surface area contributed by atoms with E-state index in [1.54, 1.807) is 6.07 Å². The van der Waals surface area contributed by atoms with E-state index >= 15 is 0 Å². The summed E-state index contributed by atoms with van der Waals surface area (Å²) in [5.41, 5.74) is 2.10. The van der Waals surface area contributed by atoms with Crippen LogP contribution in [0.3, 0.4) is 0 Å². The summed E-state index contributed by atoms with van der Waals surface area (Å²) in [7, 11) is 0. The van der Waals surface area contributed by atoms with Crippen molar-refractivity contribution >= 4 is 17.4 Å². The standard InChI is InChI=1S/C16H15N3O4/c20-14-8-10-4-1-2-7-13(10)15(14)18-16(21)17-11-5-3-6-12(9-11)19(22)23/h1-7,9,14-15,20H,8H2,(H2,17,18,21)/t14-,15+/m1/s1. The fraction of sp³-hybridized carbons (Fsp3) is 0.188. The number of urea groups is 1. The van der Waals surface area contributed by atoms with Gasteiger partial charge >= 0.3 is 6.03 Å². The monoisotopic (exact) mass is 313 g/mol. The molecule has 3 rings (SSSR count). The van der Waals surface area contributed by atoms with Crippen molar-refractivity contribution in [3.8, 4) is 0 Å². The number of hydrogen-bond acceptors (Lipinski definition) is 4. The number of aliphatic hydroxyl groups excluding tert-OH is 1. The minimum Gasteiger partial charge on any atom is -0.390 e. The number of benzene rings is 2. The van der Waals surface area contributed by atoms with E-state index in [0.29, 0.717) is 12.1 Å². The second-order valence-electron chi connectivity index (χ2n) is 5.35. The summed E-state index contributed by atoms with van der Waals surface area (Å²) in [5, 5.41) is 26.1. The number of amides is 2. The Balaban J connectivity index is 1.71. The number of non-ortho nitro benzene ring substituents is 1. The molecule has 23 heavy (non-hydrogen) atoms. The van der Waals surface area contributed by atoms with E-state index in [9.17, 15) is 20.0 Å². The molecule has 0 heterocycles. The van der Waals surface area contributed by atoms with Gasteiger partial charge in [-0.05, 0) is 17.2 Å². The first-order chi connectivity index (χ1) is 11.0. The summed E-state index contributed by atoms with van der Waals surface area (Å²) in [4.78, 5) is 22.3. The summed E-state index contributed by atoms with van der Waals surface area (Å²) < 4.78 is 0. The van der Waals surface area contributed by atoms with Crippen LogP contribution in [0.2, 0.25) is 0 Å². The summed E-state index contributed by atoms with van der Waals surface area (Å²) in [5.74, 6) is 0. The molecule has 0 radical (unpaired) electrons. The van der Waals surface area contributed by atoms with Crippen LogP contribution in [-0.4, -0.2) is 22.2 Å². The Morgan fingerprint density at radius 2 is 2.00 bits per heavy atom. The number of nitro benzene ring substituents is 1. The third kappa shape index (κ3) is 3.14. The highest BCUT2D eigenvalue weighted by atomic mass is 16.6. The number of nitro groups is 1. The van der Waals surface area contributed by atoms with E-state index in [4.69, 9.17) is 0 Å². The third-order valence-corrected chi connectivity index (χ3v) is 3.81. The van der Waals surface area contributed by atoms with Gasteiger partial charge in [0.1, 0.15) is 0 Å². The Morgan fingerprint density at radius 1 is 1.22 bits per heavy atom. The molecule has 1 aliphatic rings. The predicted octanol–water partition coefficient (Wildman–Crippen LogP) is 2.37. The van der Waals surface area contributed by atoms with Gasteiger partial charge < -0.3 is 15.7 Å². The quantitative estimate of drug-likeness (QED) is 0.597. The van der Waals surface area contributed by atoms with Gasteiger partial charge in [-0.25, -0.2) is 4.79 Å². The molecule has 0 aliphatic heterocycles.